The number of rotatable bonds is 3. The molecule has 17 heavy (non-hydrogen) atoms. The number of benzene rings is 1. The molecule has 1 saturated carbocycles. The van der Waals surface area contributed by atoms with Crippen LogP contribution in [0.3, 0.4) is 0 Å². The van der Waals surface area contributed by atoms with Crippen molar-refractivity contribution in [2.24, 2.45) is 5.92 Å². The first-order valence-electron chi connectivity index (χ1n) is 6.10. The zero-order valence-electron chi connectivity index (χ0n) is 9.99. The van der Waals surface area contributed by atoms with Crippen molar-refractivity contribution in [2.75, 3.05) is 0 Å². The molecular formula is C14H17BrOS. The van der Waals surface area contributed by atoms with E-state index in [1.807, 2.05) is 17.8 Å². The van der Waals surface area contributed by atoms with Crippen molar-refractivity contribution < 1.29 is 4.79 Å². The Balaban J connectivity index is 1.99. The Morgan fingerprint density at radius 2 is 2.00 bits per heavy atom. The van der Waals surface area contributed by atoms with E-state index in [9.17, 15) is 4.79 Å². The zero-order valence-corrected chi connectivity index (χ0v) is 12.4. The van der Waals surface area contributed by atoms with Crippen LogP contribution in [0.1, 0.15) is 43.0 Å². The summed E-state index contributed by atoms with van der Waals surface area (Å²) in [5.74, 6) is 0.899. The smallest absolute Gasteiger partial charge is 0.151 e. The fourth-order valence-corrected chi connectivity index (χ4v) is 4.07. The summed E-state index contributed by atoms with van der Waals surface area (Å²) in [6.45, 7) is 2.34. The van der Waals surface area contributed by atoms with Gasteiger partial charge in [-0.15, -0.1) is 11.8 Å². The van der Waals surface area contributed by atoms with E-state index in [4.69, 9.17) is 0 Å². The fraction of sp³-hybridized carbons (Fsp3) is 0.500. The monoisotopic (exact) mass is 312 g/mol. The number of hydrogen-bond acceptors (Lipinski definition) is 2. The second-order valence-corrected chi connectivity index (χ2v) is 7.03. The van der Waals surface area contributed by atoms with Gasteiger partial charge in [-0.25, -0.2) is 0 Å². The minimum atomic E-state index is 0.728. The summed E-state index contributed by atoms with van der Waals surface area (Å²) in [6.07, 6.45) is 6.23. The van der Waals surface area contributed by atoms with E-state index in [-0.39, 0.29) is 0 Å². The molecule has 1 aromatic carbocycles. The van der Waals surface area contributed by atoms with E-state index in [0.29, 0.717) is 0 Å². The largest absolute Gasteiger partial charge is 0.298 e. The van der Waals surface area contributed by atoms with Gasteiger partial charge in [0.15, 0.2) is 6.29 Å². The summed E-state index contributed by atoms with van der Waals surface area (Å²) in [6, 6.07) is 6.01. The van der Waals surface area contributed by atoms with E-state index in [1.54, 1.807) is 0 Å². The molecule has 3 heteroatoms. The Hall–Kier alpha value is -0.280. The van der Waals surface area contributed by atoms with Gasteiger partial charge in [0.05, 0.1) is 0 Å². The number of thioether (sulfide) groups is 1. The lowest BCUT2D eigenvalue weighted by Gasteiger charge is -2.25. The molecule has 0 heterocycles. The van der Waals surface area contributed by atoms with Crippen LogP contribution in [0.2, 0.25) is 0 Å². The standard InChI is InChI=1S/C14H17BrOS/c1-10-2-5-12(6-3-10)17-13-7-4-11(9-16)14(15)8-13/h4,7-10,12H,2-3,5-6H2,1H3. The van der Waals surface area contributed by atoms with Crippen molar-refractivity contribution in [1.82, 2.24) is 0 Å². The molecule has 1 nitrogen and oxygen atoms in total. The molecule has 0 radical (unpaired) electrons. The van der Waals surface area contributed by atoms with Gasteiger partial charge >= 0.3 is 0 Å². The third kappa shape index (κ3) is 3.59. The molecule has 1 aliphatic carbocycles. The highest BCUT2D eigenvalue weighted by atomic mass is 79.9. The first kappa shape index (κ1) is 13.2. The Morgan fingerprint density at radius 3 is 2.59 bits per heavy atom. The SMILES string of the molecule is CC1CCC(Sc2ccc(C=O)c(Br)c2)CC1. The number of carbonyl (C=O) groups excluding carboxylic acids is 1. The van der Waals surface area contributed by atoms with Crippen LogP contribution in [-0.2, 0) is 0 Å². The molecule has 1 aliphatic rings. The number of aldehydes is 1. The van der Waals surface area contributed by atoms with Gasteiger partial charge in [-0.05, 0) is 49.8 Å². The predicted octanol–water partition coefficient (Wildman–Crippen LogP) is 4.93. The van der Waals surface area contributed by atoms with E-state index in [2.05, 4.69) is 35.0 Å². The van der Waals surface area contributed by atoms with Crippen LogP contribution in [0, 0.1) is 5.92 Å². The fourth-order valence-electron chi connectivity index (χ4n) is 2.22. The minimum absolute atomic E-state index is 0.728. The molecule has 0 unspecified atom stereocenters. The maximum atomic E-state index is 10.7. The van der Waals surface area contributed by atoms with Gasteiger partial charge in [0.25, 0.3) is 0 Å². The Bertz CT molecular complexity index is 397. The average molecular weight is 313 g/mol. The molecule has 0 spiro atoms. The molecule has 92 valence electrons. The van der Waals surface area contributed by atoms with E-state index >= 15 is 0 Å². The van der Waals surface area contributed by atoms with Gasteiger partial charge < -0.3 is 0 Å². The first-order valence-corrected chi connectivity index (χ1v) is 7.77. The van der Waals surface area contributed by atoms with Crippen LogP contribution in [-0.4, -0.2) is 11.5 Å². The van der Waals surface area contributed by atoms with Gasteiger partial charge in [-0.3, -0.25) is 4.79 Å². The highest BCUT2D eigenvalue weighted by Crippen LogP contribution is 2.36. The quantitative estimate of drug-likeness (QED) is 0.736. The Morgan fingerprint density at radius 1 is 1.29 bits per heavy atom. The summed E-state index contributed by atoms with van der Waals surface area (Å²) in [4.78, 5) is 12.0. The number of halogens is 1. The molecule has 0 atom stereocenters. The molecule has 0 aliphatic heterocycles. The predicted molar refractivity (Wildman–Crippen MR) is 76.8 cm³/mol. The Kier molecular flexibility index (Phi) is 4.69. The molecule has 0 saturated heterocycles. The number of carbonyl (C=O) groups is 1. The van der Waals surface area contributed by atoms with E-state index in [1.165, 1.54) is 30.6 Å². The second kappa shape index (κ2) is 6.05. The molecule has 0 amide bonds. The topological polar surface area (TPSA) is 17.1 Å². The lowest BCUT2D eigenvalue weighted by atomic mass is 9.91. The van der Waals surface area contributed by atoms with E-state index in [0.717, 1.165) is 27.5 Å². The lowest BCUT2D eigenvalue weighted by Crippen LogP contribution is -2.13. The summed E-state index contributed by atoms with van der Waals surface area (Å²) < 4.78 is 0.904. The summed E-state index contributed by atoms with van der Waals surface area (Å²) >= 11 is 5.39. The molecule has 2 rings (SSSR count). The third-order valence-electron chi connectivity index (χ3n) is 3.36. The van der Waals surface area contributed by atoms with Crippen molar-refractivity contribution in [3.8, 4) is 0 Å². The molecule has 0 bridgehead atoms. The minimum Gasteiger partial charge on any atom is -0.298 e. The van der Waals surface area contributed by atoms with Gasteiger partial charge in [-0.1, -0.05) is 22.9 Å². The van der Waals surface area contributed by atoms with Crippen molar-refractivity contribution in [2.45, 2.75) is 42.8 Å². The summed E-state index contributed by atoms with van der Waals surface area (Å²) in [5.41, 5.74) is 0.728. The highest BCUT2D eigenvalue weighted by molar-refractivity contribution is 9.10. The van der Waals surface area contributed by atoms with Crippen LogP contribution in [0.15, 0.2) is 27.6 Å². The van der Waals surface area contributed by atoms with Crippen molar-refractivity contribution >= 4 is 34.0 Å². The van der Waals surface area contributed by atoms with Gasteiger partial charge in [0.2, 0.25) is 0 Å². The summed E-state index contributed by atoms with van der Waals surface area (Å²) in [5, 5.41) is 0.750. The van der Waals surface area contributed by atoms with Gasteiger partial charge in [0, 0.05) is 20.2 Å². The van der Waals surface area contributed by atoms with Crippen LogP contribution < -0.4 is 0 Å². The van der Waals surface area contributed by atoms with Crippen LogP contribution in [0.4, 0.5) is 0 Å². The van der Waals surface area contributed by atoms with Crippen LogP contribution in [0.5, 0.6) is 0 Å². The van der Waals surface area contributed by atoms with Crippen LogP contribution >= 0.6 is 27.7 Å². The molecule has 1 aromatic rings. The molecular weight excluding hydrogens is 296 g/mol. The van der Waals surface area contributed by atoms with Gasteiger partial charge in [-0.2, -0.15) is 0 Å². The maximum absolute atomic E-state index is 10.7. The maximum Gasteiger partial charge on any atom is 0.151 e. The van der Waals surface area contributed by atoms with Gasteiger partial charge in [0.1, 0.15) is 0 Å². The lowest BCUT2D eigenvalue weighted by molar-refractivity contribution is 0.112. The molecule has 0 N–H and O–H groups in total. The normalized spacial score (nSPS) is 24.6. The van der Waals surface area contributed by atoms with Crippen molar-refractivity contribution in [1.29, 1.82) is 0 Å². The van der Waals surface area contributed by atoms with Crippen molar-refractivity contribution in [3.63, 3.8) is 0 Å². The highest BCUT2D eigenvalue weighted by Gasteiger charge is 2.19. The Labute approximate surface area is 115 Å². The third-order valence-corrected chi connectivity index (χ3v) is 5.38. The molecule has 1 fully saturated rings. The van der Waals surface area contributed by atoms with Crippen LogP contribution in [0.25, 0.3) is 0 Å². The van der Waals surface area contributed by atoms with Crippen molar-refractivity contribution in [3.05, 3.63) is 28.2 Å². The number of hydrogen-bond donors (Lipinski definition) is 0. The first-order chi connectivity index (χ1) is 8.19. The zero-order chi connectivity index (χ0) is 12.3. The molecule has 0 aromatic heterocycles. The van der Waals surface area contributed by atoms with E-state index < -0.39 is 0 Å². The summed E-state index contributed by atoms with van der Waals surface area (Å²) in [7, 11) is 0. The average Bonchev–Trinajstić information content (AvgIpc) is 2.32. The second-order valence-electron chi connectivity index (χ2n) is 4.80.